The second-order valence-electron chi connectivity index (χ2n) is 5.69. The van der Waals surface area contributed by atoms with Crippen LogP contribution in [-0.2, 0) is 4.74 Å². The Kier molecular flexibility index (Phi) is 5.22. The molecule has 0 saturated heterocycles. The summed E-state index contributed by atoms with van der Waals surface area (Å²) in [6.07, 6.45) is 19.0. The summed E-state index contributed by atoms with van der Waals surface area (Å²) >= 11 is 0. The van der Waals surface area contributed by atoms with Crippen molar-refractivity contribution in [2.24, 2.45) is 0 Å². The number of anilines is 1. The molecule has 0 amide bonds. The van der Waals surface area contributed by atoms with E-state index in [1.165, 1.54) is 5.70 Å². The minimum absolute atomic E-state index is 0.256. The minimum atomic E-state index is 0.256. The molecule has 0 aromatic heterocycles. The zero-order valence-corrected chi connectivity index (χ0v) is 14.2. The van der Waals surface area contributed by atoms with Crippen LogP contribution < -0.4 is 9.64 Å². The molecule has 1 unspecified atom stereocenters. The fourth-order valence-electron chi connectivity index (χ4n) is 2.95. The van der Waals surface area contributed by atoms with E-state index in [4.69, 9.17) is 9.47 Å². The molecule has 0 aliphatic heterocycles. The van der Waals surface area contributed by atoms with E-state index in [9.17, 15) is 0 Å². The molecule has 3 rings (SSSR count). The molecule has 124 valence electrons. The number of allylic oxidation sites excluding steroid dienone is 6. The van der Waals surface area contributed by atoms with Crippen LogP contribution in [-0.4, -0.2) is 20.3 Å². The first-order chi connectivity index (χ1) is 11.8. The molecule has 0 radical (unpaired) electrons. The molecular formula is C21H23NO2. The predicted molar refractivity (Wildman–Crippen MR) is 99.1 cm³/mol. The summed E-state index contributed by atoms with van der Waals surface area (Å²) in [5.41, 5.74) is 2.35. The van der Waals surface area contributed by atoms with Gasteiger partial charge in [-0.25, -0.2) is 0 Å². The van der Waals surface area contributed by atoms with Gasteiger partial charge in [-0.3, -0.25) is 0 Å². The fourth-order valence-corrected chi connectivity index (χ4v) is 2.95. The van der Waals surface area contributed by atoms with Gasteiger partial charge in [-0.15, -0.1) is 0 Å². The molecule has 0 heterocycles. The number of rotatable bonds is 5. The van der Waals surface area contributed by atoms with Gasteiger partial charge in [0.25, 0.3) is 0 Å². The van der Waals surface area contributed by atoms with Crippen molar-refractivity contribution in [3.8, 4) is 5.75 Å². The average molecular weight is 321 g/mol. The summed E-state index contributed by atoms with van der Waals surface area (Å²) in [6, 6.07) is 8.48. The Labute approximate surface area is 143 Å². The third kappa shape index (κ3) is 3.62. The molecule has 1 aromatic carbocycles. The lowest BCUT2D eigenvalue weighted by Crippen LogP contribution is -2.33. The molecule has 0 N–H and O–H groups in total. The maximum absolute atomic E-state index is 5.32. The Hall–Kier alpha value is -2.68. The zero-order chi connectivity index (χ0) is 16.8. The van der Waals surface area contributed by atoms with Crippen molar-refractivity contribution in [3.63, 3.8) is 0 Å². The third-order valence-electron chi connectivity index (χ3n) is 4.22. The molecule has 0 bridgehead atoms. The van der Waals surface area contributed by atoms with Gasteiger partial charge < -0.3 is 14.4 Å². The Bertz CT molecular complexity index is 708. The zero-order valence-electron chi connectivity index (χ0n) is 14.2. The third-order valence-corrected chi connectivity index (χ3v) is 4.22. The minimum Gasteiger partial charge on any atom is -0.497 e. The molecule has 2 aliphatic carbocycles. The number of ether oxygens (including phenoxy) is 2. The number of nitrogens with zero attached hydrogens (tertiary/aromatic N) is 1. The second-order valence-corrected chi connectivity index (χ2v) is 5.69. The highest BCUT2D eigenvalue weighted by Crippen LogP contribution is 2.30. The first-order valence-electron chi connectivity index (χ1n) is 8.21. The van der Waals surface area contributed by atoms with Crippen LogP contribution >= 0.6 is 0 Å². The number of hydrogen-bond donors (Lipinski definition) is 0. The lowest BCUT2D eigenvalue weighted by Gasteiger charge is -2.34. The molecule has 1 aromatic rings. The SMILES string of the molecule is COC1=CCC(N(C2=CCC=CC=C2)c2ccc(OC)cc2)C=C1. The smallest absolute Gasteiger partial charge is 0.119 e. The van der Waals surface area contributed by atoms with Crippen LogP contribution in [0.25, 0.3) is 0 Å². The number of benzene rings is 1. The Morgan fingerprint density at radius 3 is 2.46 bits per heavy atom. The van der Waals surface area contributed by atoms with Crippen molar-refractivity contribution >= 4 is 5.69 Å². The summed E-state index contributed by atoms with van der Waals surface area (Å²) < 4.78 is 10.6. The number of methoxy groups -OCH3 is 2. The van der Waals surface area contributed by atoms with E-state index in [2.05, 4.69) is 59.6 Å². The van der Waals surface area contributed by atoms with E-state index in [0.29, 0.717) is 0 Å². The first kappa shape index (κ1) is 16.2. The van der Waals surface area contributed by atoms with Crippen LogP contribution in [0, 0.1) is 0 Å². The standard InChI is InChI=1S/C21H23NO2/c1-23-20-13-9-18(10-14-20)22(17-7-5-3-4-6-8-17)19-11-15-21(24-2)16-12-19/h3-5,7-11,13-16,19H,6,12H2,1-2H3. The summed E-state index contributed by atoms with van der Waals surface area (Å²) in [5, 5.41) is 0. The summed E-state index contributed by atoms with van der Waals surface area (Å²) in [4.78, 5) is 2.36. The largest absolute Gasteiger partial charge is 0.497 e. The Morgan fingerprint density at radius 1 is 0.958 bits per heavy atom. The average Bonchev–Trinajstić information content (AvgIpc) is 2.92. The van der Waals surface area contributed by atoms with E-state index in [1.807, 2.05) is 18.2 Å². The van der Waals surface area contributed by atoms with Crippen LogP contribution in [0.1, 0.15) is 12.8 Å². The number of hydrogen-bond acceptors (Lipinski definition) is 3. The lowest BCUT2D eigenvalue weighted by atomic mass is 10.0. The van der Waals surface area contributed by atoms with Crippen molar-refractivity contribution < 1.29 is 9.47 Å². The highest BCUT2D eigenvalue weighted by molar-refractivity contribution is 5.59. The van der Waals surface area contributed by atoms with E-state index >= 15 is 0 Å². The fraction of sp³-hybridized carbons (Fsp3) is 0.238. The monoisotopic (exact) mass is 321 g/mol. The second kappa shape index (κ2) is 7.73. The van der Waals surface area contributed by atoms with E-state index < -0.39 is 0 Å². The maximum Gasteiger partial charge on any atom is 0.119 e. The van der Waals surface area contributed by atoms with Gasteiger partial charge in [-0.1, -0.05) is 30.4 Å². The van der Waals surface area contributed by atoms with Crippen molar-refractivity contribution in [2.45, 2.75) is 18.9 Å². The van der Waals surface area contributed by atoms with Gasteiger partial charge in [0.15, 0.2) is 0 Å². The van der Waals surface area contributed by atoms with Crippen LogP contribution in [0.4, 0.5) is 5.69 Å². The summed E-state index contributed by atoms with van der Waals surface area (Å²) in [6.45, 7) is 0. The molecule has 24 heavy (non-hydrogen) atoms. The van der Waals surface area contributed by atoms with Crippen molar-refractivity contribution in [1.82, 2.24) is 0 Å². The first-order valence-corrected chi connectivity index (χ1v) is 8.21. The molecule has 1 atom stereocenters. The summed E-state index contributed by atoms with van der Waals surface area (Å²) in [5.74, 6) is 1.79. The van der Waals surface area contributed by atoms with Gasteiger partial charge in [0.1, 0.15) is 11.5 Å². The maximum atomic E-state index is 5.32. The quantitative estimate of drug-likeness (QED) is 0.780. The van der Waals surface area contributed by atoms with Gasteiger partial charge in [0, 0.05) is 11.4 Å². The van der Waals surface area contributed by atoms with Gasteiger partial charge in [0.2, 0.25) is 0 Å². The van der Waals surface area contributed by atoms with Crippen LogP contribution in [0.15, 0.2) is 84.3 Å². The van der Waals surface area contributed by atoms with E-state index in [-0.39, 0.29) is 6.04 Å². The van der Waals surface area contributed by atoms with Gasteiger partial charge in [-0.2, -0.15) is 0 Å². The van der Waals surface area contributed by atoms with Crippen LogP contribution in [0.2, 0.25) is 0 Å². The molecule has 3 nitrogen and oxygen atoms in total. The molecule has 2 aliphatic rings. The van der Waals surface area contributed by atoms with Crippen molar-refractivity contribution in [2.75, 3.05) is 19.1 Å². The lowest BCUT2D eigenvalue weighted by molar-refractivity contribution is 0.303. The molecule has 0 spiro atoms. The predicted octanol–water partition coefficient (Wildman–Crippen LogP) is 4.76. The summed E-state index contributed by atoms with van der Waals surface area (Å²) in [7, 11) is 3.40. The van der Waals surface area contributed by atoms with Crippen LogP contribution in [0.3, 0.4) is 0 Å². The van der Waals surface area contributed by atoms with Gasteiger partial charge >= 0.3 is 0 Å². The Morgan fingerprint density at radius 2 is 1.79 bits per heavy atom. The van der Waals surface area contributed by atoms with Crippen molar-refractivity contribution in [1.29, 1.82) is 0 Å². The highest BCUT2D eigenvalue weighted by atomic mass is 16.5. The molecule has 0 saturated carbocycles. The van der Waals surface area contributed by atoms with Crippen LogP contribution in [0.5, 0.6) is 5.75 Å². The van der Waals surface area contributed by atoms with Crippen molar-refractivity contribution in [3.05, 3.63) is 84.3 Å². The topological polar surface area (TPSA) is 21.7 Å². The molecular weight excluding hydrogens is 298 g/mol. The Balaban J connectivity index is 1.93. The normalized spacial score (nSPS) is 19.3. The van der Waals surface area contributed by atoms with Gasteiger partial charge in [0.05, 0.1) is 20.3 Å². The van der Waals surface area contributed by atoms with E-state index in [1.54, 1.807) is 14.2 Å². The molecule has 0 fully saturated rings. The van der Waals surface area contributed by atoms with Gasteiger partial charge in [-0.05, 0) is 55.3 Å². The molecule has 3 heteroatoms. The highest BCUT2D eigenvalue weighted by Gasteiger charge is 2.21. The van der Waals surface area contributed by atoms with E-state index in [0.717, 1.165) is 30.0 Å².